The maximum atomic E-state index is 13.4. The van der Waals surface area contributed by atoms with Crippen LogP contribution in [-0.2, 0) is 11.3 Å². The van der Waals surface area contributed by atoms with Gasteiger partial charge in [-0.3, -0.25) is 14.3 Å². The molecule has 0 amide bonds. The fraction of sp³-hybridized carbons (Fsp3) is 0.333. The first-order chi connectivity index (χ1) is 13.3. The van der Waals surface area contributed by atoms with Gasteiger partial charge < -0.3 is 9.47 Å². The highest BCUT2D eigenvalue weighted by Gasteiger charge is 2.19. The van der Waals surface area contributed by atoms with Gasteiger partial charge in [-0.25, -0.2) is 4.98 Å². The summed E-state index contributed by atoms with van der Waals surface area (Å²) in [6, 6.07) is 15.1. The summed E-state index contributed by atoms with van der Waals surface area (Å²) in [5.74, 6) is 1.40. The highest BCUT2D eigenvalue weighted by Crippen LogP contribution is 2.24. The van der Waals surface area contributed by atoms with E-state index in [9.17, 15) is 4.79 Å². The van der Waals surface area contributed by atoms with Crippen LogP contribution < -0.4 is 10.3 Å². The Labute approximate surface area is 158 Å². The third kappa shape index (κ3) is 3.59. The number of para-hydroxylation sites is 3. The fourth-order valence-electron chi connectivity index (χ4n) is 3.41. The van der Waals surface area contributed by atoms with E-state index in [1.54, 1.807) is 4.57 Å². The van der Waals surface area contributed by atoms with Crippen LogP contribution in [-0.4, -0.2) is 47.4 Å². The predicted octanol–water partition coefficient (Wildman–Crippen LogP) is 2.62. The largest absolute Gasteiger partial charge is 0.492 e. The van der Waals surface area contributed by atoms with E-state index in [4.69, 9.17) is 14.5 Å². The number of rotatable bonds is 5. The van der Waals surface area contributed by atoms with Crippen LogP contribution in [0.25, 0.3) is 16.6 Å². The number of aromatic nitrogens is 2. The summed E-state index contributed by atoms with van der Waals surface area (Å²) >= 11 is 0. The van der Waals surface area contributed by atoms with E-state index in [0.717, 1.165) is 24.3 Å². The minimum absolute atomic E-state index is 0.0731. The molecular weight excluding hydrogens is 342 g/mol. The Kier molecular flexibility index (Phi) is 5.18. The van der Waals surface area contributed by atoms with Crippen LogP contribution in [0.2, 0.25) is 0 Å². The maximum absolute atomic E-state index is 13.4. The molecular formula is C21H23N3O3. The number of hydrogen-bond acceptors (Lipinski definition) is 5. The number of ether oxygens (including phenoxy) is 2. The molecule has 0 saturated carbocycles. The van der Waals surface area contributed by atoms with Gasteiger partial charge in [0.2, 0.25) is 0 Å². The van der Waals surface area contributed by atoms with Crippen molar-refractivity contribution in [3.05, 3.63) is 64.7 Å². The smallest absolute Gasteiger partial charge is 0.266 e. The average molecular weight is 365 g/mol. The van der Waals surface area contributed by atoms with Gasteiger partial charge in [0.05, 0.1) is 43.0 Å². The second-order valence-corrected chi connectivity index (χ2v) is 6.48. The molecule has 3 aromatic rings. The lowest BCUT2D eigenvalue weighted by Crippen LogP contribution is -2.38. The third-order valence-electron chi connectivity index (χ3n) is 4.72. The molecule has 6 heteroatoms. The molecule has 0 N–H and O–H groups in total. The van der Waals surface area contributed by atoms with Gasteiger partial charge in [-0.05, 0) is 31.2 Å². The van der Waals surface area contributed by atoms with Crippen molar-refractivity contribution >= 4 is 10.9 Å². The van der Waals surface area contributed by atoms with Crippen molar-refractivity contribution in [2.24, 2.45) is 0 Å². The van der Waals surface area contributed by atoms with Crippen molar-refractivity contribution in [1.29, 1.82) is 0 Å². The van der Waals surface area contributed by atoms with Crippen molar-refractivity contribution in [2.45, 2.75) is 13.5 Å². The van der Waals surface area contributed by atoms with E-state index in [2.05, 4.69) is 4.90 Å². The molecule has 4 rings (SSSR count). The molecule has 140 valence electrons. The van der Waals surface area contributed by atoms with Gasteiger partial charge in [-0.15, -0.1) is 0 Å². The molecule has 27 heavy (non-hydrogen) atoms. The van der Waals surface area contributed by atoms with Gasteiger partial charge in [-0.1, -0.05) is 24.3 Å². The molecule has 0 bridgehead atoms. The van der Waals surface area contributed by atoms with Crippen molar-refractivity contribution in [1.82, 2.24) is 14.5 Å². The number of nitrogens with zero attached hydrogens (tertiary/aromatic N) is 3. The van der Waals surface area contributed by atoms with E-state index in [0.29, 0.717) is 43.3 Å². The third-order valence-corrected chi connectivity index (χ3v) is 4.72. The minimum atomic E-state index is -0.0731. The molecule has 0 aliphatic carbocycles. The monoisotopic (exact) mass is 365 g/mol. The lowest BCUT2D eigenvalue weighted by Gasteiger charge is -2.27. The second kappa shape index (κ2) is 7.90. The van der Waals surface area contributed by atoms with E-state index in [-0.39, 0.29) is 5.56 Å². The minimum Gasteiger partial charge on any atom is -0.492 e. The molecule has 1 fully saturated rings. The Morgan fingerprint density at radius 3 is 2.63 bits per heavy atom. The summed E-state index contributed by atoms with van der Waals surface area (Å²) in [6.45, 7) is 6.12. The first-order valence-electron chi connectivity index (χ1n) is 9.31. The van der Waals surface area contributed by atoms with Gasteiger partial charge in [0, 0.05) is 13.1 Å². The summed E-state index contributed by atoms with van der Waals surface area (Å²) in [7, 11) is 0. The summed E-state index contributed by atoms with van der Waals surface area (Å²) in [5, 5.41) is 0.606. The molecule has 2 heterocycles. The molecule has 1 saturated heterocycles. The molecule has 6 nitrogen and oxygen atoms in total. The second-order valence-electron chi connectivity index (χ2n) is 6.48. The highest BCUT2D eigenvalue weighted by atomic mass is 16.5. The Morgan fingerprint density at radius 1 is 1.07 bits per heavy atom. The Morgan fingerprint density at radius 2 is 1.81 bits per heavy atom. The lowest BCUT2D eigenvalue weighted by molar-refractivity contribution is 0.0327. The van der Waals surface area contributed by atoms with Gasteiger partial charge in [0.15, 0.2) is 0 Å². The lowest BCUT2D eigenvalue weighted by atomic mass is 10.2. The molecule has 0 atom stereocenters. The van der Waals surface area contributed by atoms with Crippen LogP contribution in [0.5, 0.6) is 5.75 Å². The zero-order valence-corrected chi connectivity index (χ0v) is 15.4. The average Bonchev–Trinajstić information content (AvgIpc) is 2.70. The standard InChI is InChI=1S/C21H23N3O3/c1-2-27-19-10-6-5-9-18(19)24-20(15-23-11-13-26-14-12-23)22-17-8-4-3-7-16(17)21(24)25/h3-10H,2,11-15H2,1H3. The Bertz CT molecular complexity index is 993. The van der Waals surface area contributed by atoms with E-state index >= 15 is 0 Å². The van der Waals surface area contributed by atoms with Gasteiger partial charge in [0.25, 0.3) is 5.56 Å². The maximum Gasteiger partial charge on any atom is 0.266 e. The highest BCUT2D eigenvalue weighted by molar-refractivity contribution is 5.78. The van der Waals surface area contributed by atoms with Crippen LogP contribution >= 0.6 is 0 Å². The summed E-state index contributed by atoms with van der Waals surface area (Å²) in [4.78, 5) is 20.5. The molecule has 0 unspecified atom stereocenters. The molecule has 1 aliphatic heterocycles. The van der Waals surface area contributed by atoms with Gasteiger partial charge in [0.1, 0.15) is 11.6 Å². The molecule has 2 aromatic carbocycles. The van der Waals surface area contributed by atoms with Crippen molar-refractivity contribution in [3.8, 4) is 11.4 Å². The molecule has 0 radical (unpaired) electrons. The van der Waals surface area contributed by atoms with Crippen LogP contribution in [0.4, 0.5) is 0 Å². The first kappa shape index (κ1) is 17.7. The van der Waals surface area contributed by atoms with Crippen LogP contribution in [0.15, 0.2) is 53.3 Å². The number of fused-ring (bicyclic) bond motifs is 1. The topological polar surface area (TPSA) is 56.6 Å². The van der Waals surface area contributed by atoms with Crippen molar-refractivity contribution < 1.29 is 9.47 Å². The van der Waals surface area contributed by atoms with Gasteiger partial charge >= 0.3 is 0 Å². The Hall–Kier alpha value is -2.70. The van der Waals surface area contributed by atoms with Crippen molar-refractivity contribution in [3.63, 3.8) is 0 Å². The van der Waals surface area contributed by atoms with Crippen LogP contribution in [0.1, 0.15) is 12.7 Å². The quantitative estimate of drug-likeness (QED) is 0.696. The van der Waals surface area contributed by atoms with Crippen molar-refractivity contribution in [2.75, 3.05) is 32.9 Å². The van der Waals surface area contributed by atoms with Gasteiger partial charge in [-0.2, -0.15) is 0 Å². The summed E-state index contributed by atoms with van der Waals surface area (Å²) < 4.78 is 12.9. The molecule has 1 aromatic heterocycles. The predicted molar refractivity (Wildman–Crippen MR) is 105 cm³/mol. The number of morpholine rings is 1. The summed E-state index contributed by atoms with van der Waals surface area (Å²) in [5.41, 5.74) is 1.37. The summed E-state index contributed by atoms with van der Waals surface area (Å²) in [6.07, 6.45) is 0. The fourth-order valence-corrected chi connectivity index (χ4v) is 3.41. The first-order valence-corrected chi connectivity index (χ1v) is 9.31. The SMILES string of the molecule is CCOc1ccccc1-n1c(CN2CCOCC2)nc2ccccc2c1=O. The van der Waals surface area contributed by atoms with Crippen LogP contribution in [0, 0.1) is 0 Å². The van der Waals surface area contributed by atoms with E-state index in [1.165, 1.54) is 0 Å². The number of hydrogen-bond donors (Lipinski definition) is 0. The normalized spacial score (nSPS) is 15.1. The zero-order chi connectivity index (χ0) is 18.6. The number of benzene rings is 2. The van der Waals surface area contributed by atoms with E-state index < -0.39 is 0 Å². The molecule has 0 spiro atoms. The molecule has 1 aliphatic rings. The van der Waals surface area contributed by atoms with E-state index in [1.807, 2.05) is 55.5 Å². The zero-order valence-electron chi connectivity index (χ0n) is 15.4. The Balaban J connectivity index is 1.90. The van der Waals surface area contributed by atoms with Crippen LogP contribution in [0.3, 0.4) is 0 Å².